The molecule has 1 atom stereocenters. The highest BCUT2D eigenvalue weighted by atomic mass is 32.2. The minimum atomic E-state index is -3.57. The van der Waals surface area contributed by atoms with Crippen LogP contribution in [0, 0.1) is 6.92 Å². The molecule has 1 aromatic rings. The zero-order chi connectivity index (χ0) is 13.8. The van der Waals surface area contributed by atoms with Crippen LogP contribution in [0.1, 0.15) is 44.6 Å². The first-order valence-corrected chi connectivity index (χ1v) is 7.65. The Labute approximate surface area is 108 Å². The molecule has 0 radical (unpaired) electrons. The standard InChI is InChI=1S/C12H21NO4S/c1-4-6-10(5-2)13-18(15,16)12-7-11(8-14)17-9(12)3/h7,10,13-14H,4-6,8H2,1-3H3. The van der Waals surface area contributed by atoms with Crippen molar-refractivity contribution >= 4 is 10.0 Å². The third kappa shape index (κ3) is 3.57. The average molecular weight is 275 g/mol. The van der Waals surface area contributed by atoms with Gasteiger partial charge in [0, 0.05) is 12.1 Å². The Bertz CT molecular complexity index is 478. The van der Waals surface area contributed by atoms with E-state index in [9.17, 15) is 8.42 Å². The molecule has 18 heavy (non-hydrogen) atoms. The van der Waals surface area contributed by atoms with Crippen LogP contribution in [0.3, 0.4) is 0 Å². The highest BCUT2D eigenvalue weighted by Crippen LogP contribution is 2.20. The molecule has 0 aliphatic heterocycles. The van der Waals surface area contributed by atoms with Crippen LogP contribution in [-0.4, -0.2) is 19.6 Å². The molecule has 1 aromatic heterocycles. The van der Waals surface area contributed by atoms with Crippen LogP contribution in [0.2, 0.25) is 0 Å². The Hall–Kier alpha value is -0.850. The topological polar surface area (TPSA) is 79.5 Å². The van der Waals surface area contributed by atoms with Crippen LogP contribution in [0.5, 0.6) is 0 Å². The molecule has 0 fully saturated rings. The van der Waals surface area contributed by atoms with E-state index in [-0.39, 0.29) is 23.3 Å². The molecule has 0 saturated carbocycles. The number of aliphatic hydroxyl groups excluding tert-OH is 1. The maximum absolute atomic E-state index is 12.2. The zero-order valence-corrected chi connectivity index (χ0v) is 11.9. The molecule has 0 spiro atoms. The molecule has 0 saturated heterocycles. The Morgan fingerprint density at radius 3 is 2.56 bits per heavy atom. The van der Waals surface area contributed by atoms with Gasteiger partial charge in [-0.15, -0.1) is 0 Å². The fourth-order valence-electron chi connectivity index (χ4n) is 1.85. The molecule has 0 amide bonds. The molecular formula is C12H21NO4S. The van der Waals surface area contributed by atoms with E-state index in [1.807, 2.05) is 13.8 Å². The van der Waals surface area contributed by atoms with Gasteiger partial charge in [-0.2, -0.15) is 0 Å². The number of nitrogens with one attached hydrogen (secondary N) is 1. The molecule has 0 aromatic carbocycles. The molecule has 2 N–H and O–H groups in total. The van der Waals surface area contributed by atoms with Crippen LogP contribution in [0.15, 0.2) is 15.4 Å². The van der Waals surface area contributed by atoms with Gasteiger partial charge in [-0.3, -0.25) is 0 Å². The summed E-state index contributed by atoms with van der Waals surface area (Å²) < 4.78 is 32.2. The van der Waals surface area contributed by atoms with Gasteiger partial charge in [0.15, 0.2) is 0 Å². The van der Waals surface area contributed by atoms with Gasteiger partial charge in [0.25, 0.3) is 0 Å². The first-order chi connectivity index (χ1) is 8.44. The Morgan fingerprint density at radius 1 is 1.44 bits per heavy atom. The summed E-state index contributed by atoms with van der Waals surface area (Å²) in [6.45, 7) is 5.24. The Kier molecular flexibility index (Phi) is 5.37. The highest BCUT2D eigenvalue weighted by Gasteiger charge is 2.23. The summed E-state index contributed by atoms with van der Waals surface area (Å²) >= 11 is 0. The molecule has 0 aliphatic rings. The van der Waals surface area contributed by atoms with Gasteiger partial charge in [0.05, 0.1) is 0 Å². The molecule has 6 heteroatoms. The minimum Gasteiger partial charge on any atom is -0.462 e. The molecule has 0 bridgehead atoms. The van der Waals surface area contributed by atoms with Crippen LogP contribution >= 0.6 is 0 Å². The predicted molar refractivity (Wildman–Crippen MR) is 68.7 cm³/mol. The van der Waals surface area contributed by atoms with Crippen LogP contribution in [0.25, 0.3) is 0 Å². The van der Waals surface area contributed by atoms with Crippen LogP contribution in [0.4, 0.5) is 0 Å². The summed E-state index contributed by atoms with van der Waals surface area (Å²) in [6.07, 6.45) is 2.48. The first-order valence-electron chi connectivity index (χ1n) is 6.17. The Balaban J connectivity index is 2.94. The predicted octanol–water partition coefficient (Wildman–Crippen LogP) is 1.94. The van der Waals surface area contributed by atoms with E-state index < -0.39 is 10.0 Å². The number of hydrogen-bond acceptors (Lipinski definition) is 4. The number of sulfonamides is 1. The smallest absolute Gasteiger partial charge is 0.244 e. The largest absolute Gasteiger partial charge is 0.462 e. The molecule has 1 heterocycles. The van der Waals surface area contributed by atoms with Crippen molar-refractivity contribution in [1.82, 2.24) is 4.72 Å². The van der Waals surface area contributed by atoms with Crippen molar-refractivity contribution in [3.05, 3.63) is 17.6 Å². The van der Waals surface area contributed by atoms with Gasteiger partial charge in [-0.25, -0.2) is 13.1 Å². The second-order valence-corrected chi connectivity index (χ2v) is 5.99. The van der Waals surface area contributed by atoms with Crippen LogP contribution < -0.4 is 4.72 Å². The summed E-state index contributed by atoms with van der Waals surface area (Å²) in [7, 11) is -3.57. The minimum absolute atomic E-state index is 0.0631. The lowest BCUT2D eigenvalue weighted by molar-refractivity contribution is 0.244. The number of furan rings is 1. The average Bonchev–Trinajstić information content (AvgIpc) is 2.70. The monoisotopic (exact) mass is 275 g/mol. The maximum Gasteiger partial charge on any atom is 0.244 e. The van der Waals surface area contributed by atoms with Gasteiger partial charge >= 0.3 is 0 Å². The van der Waals surface area contributed by atoms with E-state index in [1.54, 1.807) is 6.92 Å². The van der Waals surface area contributed by atoms with Crippen molar-refractivity contribution in [3.8, 4) is 0 Å². The SMILES string of the molecule is CCCC(CC)NS(=O)(=O)c1cc(CO)oc1C. The van der Waals surface area contributed by atoms with E-state index in [0.717, 1.165) is 19.3 Å². The first kappa shape index (κ1) is 15.2. The third-order valence-corrected chi connectivity index (χ3v) is 4.45. The number of hydrogen-bond donors (Lipinski definition) is 2. The molecular weight excluding hydrogens is 254 g/mol. The molecule has 1 unspecified atom stereocenters. The Morgan fingerprint density at radius 2 is 2.11 bits per heavy atom. The van der Waals surface area contributed by atoms with Crippen molar-refractivity contribution in [3.63, 3.8) is 0 Å². The van der Waals surface area contributed by atoms with Gasteiger partial charge in [-0.05, 0) is 19.8 Å². The van der Waals surface area contributed by atoms with Crippen molar-refractivity contribution in [2.45, 2.75) is 57.6 Å². The molecule has 5 nitrogen and oxygen atoms in total. The van der Waals surface area contributed by atoms with Gasteiger partial charge in [0.1, 0.15) is 23.0 Å². The maximum atomic E-state index is 12.2. The number of rotatable bonds is 7. The number of aryl methyl sites for hydroxylation is 1. The summed E-state index contributed by atoms with van der Waals surface area (Å²) in [5.41, 5.74) is 0. The molecule has 1 rings (SSSR count). The normalized spacial score (nSPS) is 13.8. The van der Waals surface area contributed by atoms with E-state index >= 15 is 0 Å². The van der Waals surface area contributed by atoms with Gasteiger partial charge in [0.2, 0.25) is 10.0 Å². The van der Waals surface area contributed by atoms with Crippen LogP contribution in [-0.2, 0) is 16.6 Å². The van der Waals surface area contributed by atoms with Crippen molar-refractivity contribution in [1.29, 1.82) is 0 Å². The fourth-order valence-corrected chi connectivity index (χ4v) is 3.40. The quantitative estimate of drug-likeness (QED) is 0.797. The lowest BCUT2D eigenvalue weighted by Gasteiger charge is -2.15. The van der Waals surface area contributed by atoms with E-state index in [0.29, 0.717) is 5.76 Å². The third-order valence-electron chi connectivity index (χ3n) is 2.82. The van der Waals surface area contributed by atoms with Crippen molar-refractivity contribution < 1.29 is 17.9 Å². The fraction of sp³-hybridized carbons (Fsp3) is 0.667. The summed E-state index contributed by atoms with van der Waals surface area (Å²) in [5.74, 6) is 0.564. The summed E-state index contributed by atoms with van der Waals surface area (Å²) in [5, 5.41) is 8.94. The van der Waals surface area contributed by atoms with Crippen molar-refractivity contribution in [2.24, 2.45) is 0 Å². The molecule has 0 aliphatic carbocycles. The molecule has 104 valence electrons. The second-order valence-electron chi connectivity index (χ2n) is 4.31. The zero-order valence-electron chi connectivity index (χ0n) is 11.1. The van der Waals surface area contributed by atoms with Crippen molar-refractivity contribution in [2.75, 3.05) is 0 Å². The van der Waals surface area contributed by atoms with Gasteiger partial charge < -0.3 is 9.52 Å². The highest BCUT2D eigenvalue weighted by molar-refractivity contribution is 7.89. The lowest BCUT2D eigenvalue weighted by Crippen LogP contribution is -2.34. The second kappa shape index (κ2) is 6.36. The van der Waals surface area contributed by atoms with E-state index in [4.69, 9.17) is 9.52 Å². The van der Waals surface area contributed by atoms with E-state index in [2.05, 4.69) is 4.72 Å². The summed E-state index contributed by atoms with van der Waals surface area (Å²) in [4.78, 5) is 0.112. The summed E-state index contributed by atoms with van der Waals surface area (Å²) in [6, 6.07) is 1.31. The van der Waals surface area contributed by atoms with Gasteiger partial charge in [-0.1, -0.05) is 20.3 Å². The lowest BCUT2D eigenvalue weighted by atomic mass is 10.1. The van der Waals surface area contributed by atoms with E-state index in [1.165, 1.54) is 6.07 Å². The number of aliphatic hydroxyl groups is 1.